The molecule has 6 fully saturated rings. The topological polar surface area (TPSA) is 185 Å². The molecule has 0 N–H and O–H groups in total. The van der Waals surface area contributed by atoms with Crippen molar-refractivity contribution >= 4 is 70.4 Å². The van der Waals surface area contributed by atoms with Crippen molar-refractivity contribution in [3.63, 3.8) is 0 Å². The van der Waals surface area contributed by atoms with Gasteiger partial charge in [-0.3, -0.25) is 0 Å². The van der Waals surface area contributed by atoms with Gasteiger partial charge in [0, 0.05) is 154 Å². The lowest BCUT2D eigenvalue weighted by molar-refractivity contribution is -0.0342. The van der Waals surface area contributed by atoms with Crippen molar-refractivity contribution in [1.29, 1.82) is 0 Å². The highest BCUT2D eigenvalue weighted by molar-refractivity contribution is 7.03. The van der Waals surface area contributed by atoms with Crippen LogP contribution in [0.3, 0.4) is 0 Å². The quantitative estimate of drug-likeness (QED) is 0.0444. The molecule has 6 saturated heterocycles. The summed E-state index contributed by atoms with van der Waals surface area (Å²) in [5, 5.41) is 0. The minimum Gasteiger partial charge on any atom is -0.382 e. The Bertz CT molecular complexity index is 1040. The molecule has 0 aromatic carbocycles. The van der Waals surface area contributed by atoms with E-state index in [0.717, 1.165) is 0 Å². The van der Waals surface area contributed by atoms with E-state index in [2.05, 4.69) is 0 Å². The summed E-state index contributed by atoms with van der Waals surface area (Å²) < 4.78 is 142. The molecule has 0 saturated carbocycles. The molecule has 20 nitrogen and oxygen atoms in total. The van der Waals surface area contributed by atoms with E-state index in [1.54, 1.807) is 0 Å². The molecule has 6 heterocycles. The number of hydrogen-bond acceptors (Lipinski definition) is 20. The lowest BCUT2D eigenvalue weighted by Gasteiger charge is -2.63. The summed E-state index contributed by atoms with van der Waals surface area (Å²) in [5.74, 6) is 0. The monoisotopic (exact) mass is 1110 g/mol. The molecular weight excluding hydrogens is 1030 g/mol. The highest BCUT2D eigenvalue weighted by Crippen LogP contribution is 2.54. The molecule has 0 aromatic heterocycles. The molecule has 8 bridgehead atoms. The lowest BCUT2D eigenvalue weighted by atomic mass is 10.5. The summed E-state index contributed by atoms with van der Waals surface area (Å²) in [5.41, 5.74) is 0. The summed E-state index contributed by atoms with van der Waals surface area (Å²) in [7, 11) is -33.2. The zero-order valence-electron chi connectivity index (χ0n) is 42.8. The van der Waals surface area contributed by atoms with Gasteiger partial charge in [-0.25, -0.2) is 0 Å². The van der Waals surface area contributed by atoms with Gasteiger partial charge in [-0.2, -0.15) is 0 Å². The van der Waals surface area contributed by atoms with Crippen LogP contribution in [0.4, 0.5) is 0 Å². The van der Waals surface area contributed by atoms with Crippen LogP contribution in [0.25, 0.3) is 0 Å². The average molecular weight is 1110 g/mol. The maximum atomic E-state index is 7.85. The number of hydrogen-bond donors (Lipinski definition) is 0. The second-order valence-electron chi connectivity index (χ2n) is 17.1. The molecule has 0 amide bonds. The Labute approximate surface area is 416 Å². The van der Waals surface area contributed by atoms with Gasteiger partial charge in [0.1, 0.15) is 0 Å². The first-order valence-electron chi connectivity index (χ1n) is 26.0. The van der Waals surface area contributed by atoms with Crippen LogP contribution < -0.4 is 0 Å². The first kappa shape index (κ1) is 59.8. The Morgan fingerprint density at radius 3 is 0.382 bits per heavy atom. The molecule has 0 unspecified atom stereocenters. The Kier molecular flexibility index (Phi) is 26.3. The SMILES string of the molecule is CCOCCC[Si]12O[Si]3(CCCOCC)O[Si]4(CCCOCC)O[Si](CCCOCC)(O1)O[Si]1(CCCOCC)O[Si](CCCOCC)(O2)O[Si](CCCOCC)(O3)O[Si](CCCOCC)(O4)O1. The smallest absolute Gasteiger partial charge is 0.382 e. The van der Waals surface area contributed by atoms with E-state index >= 15 is 0 Å². The van der Waals surface area contributed by atoms with Crippen molar-refractivity contribution in [2.45, 2.75) is 155 Å². The van der Waals surface area contributed by atoms with Crippen LogP contribution in [0.5, 0.6) is 0 Å². The molecule has 0 radical (unpaired) electrons. The molecule has 0 atom stereocenters. The van der Waals surface area contributed by atoms with E-state index in [1.807, 2.05) is 55.4 Å². The largest absolute Gasteiger partial charge is 0.478 e. The second-order valence-corrected chi connectivity index (χ2v) is 41.8. The van der Waals surface area contributed by atoms with Gasteiger partial charge in [-0.1, -0.05) is 0 Å². The van der Waals surface area contributed by atoms with E-state index in [1.165, 1.54) is 0 Å². The summed E-state index contributed by atoms with van der Waals surface area (Å²) in [6.07, 6.45) is 4.34. The van der Waals surface area contributed by atoms with E-state index in [4.69, 9.17) is 87.3 Å². The Morgan fingerprint density at radius 2 is 0.294 bits per heavy atom. The minimum atomic E-state index is -4.15. The van der Waals surface area contributed by atoms with Gasteiger partial charge >= 0.3 is 70.4 Å². The normalized spacial score (nSPS) is 34.2. The zero-order chi connectivity index (χ0) is 48.8. The molecule has 0 aromatic rings. The van der Waals surface area contributed by atoms with E-state index in [0.29, 0.717) is 205 Å². The van der Waals surface area contributed by atoms with Gasteiger partial charge in [0.25, 0.3) is 0 Å². The van der Waals surface area contributed by atoms with Gasteiger partial charge in [0.2, 0.25) is 0 Å². The fourth-order valence-electron chi connectivity index (χ4n) is 8.85. The third-order valence-electron chi connectivity index (χ3n) is 11.5. The summed E-state index contributed by atoms with van der Waals surface area (Å²) >= 11 is 0. The fourth-order valence-corrected chi connectivity index (χ4v) is 59.0. The van der Waals surface area contributed by atoms with Gasteiger partial charge in [-0.15, -0.1) is 0 Å². The lowest BCUT2D eigenvalue weighted by Crippen LogP contribution is -2.88. The van der Waals surface area contributed by atoms with Crippen LogP contribution in [0.2, 0.25) is 48.4 Å². The van der Waals surface area contributed by atoms with Crippen LogP contribution in [0.15, 0.2) is 0 Å². The predicted molar refractivity (Wildman–Crippen MR) is 266 cm³/mol. The van der Waals surface area contributed by atoms with Gasteiger partial charge in [0.15, 0.2) is 0 Å². The molecule has 28 heteroatoms. The predicted octanol–water partition coefficient (Wildman–Crippen LogP) is 7.18. The van der Waals surface area contributed by atoms with Crippen molar-refractivity contribution < 1.29 is 87.3 Å². The molecule has 6 aliphatic heterocycles. The average Bonchev–Trinajstić information content (AvgIpc) is 3.28. The standard InChI is InChI=1S/C40H88O20Si8/c1-9-41-25-17-33-61-49-62(34-18-26-42-10-2)52-65(37-21-29-45-13-5)54-63(50-61,35-19-27-43-11-3)56-67(39-23-31-47-15-7)57-64(51-61,36-20-28-44-12-4)55-66(53-62,38-22-30-46-14-6)59-68(58-65,60-67)40-24-32-48-16-8/h9-40H2,1-8H3. The van der Waals surface area contributed by atoms with E-state index in [9.17, 15) is 0 Å². The highest BCUT2D eigenvalue weighted by atomic mass is 28.6. The van der Waals surface area contributed by atoms with Crippen LogP contribution in [0.1, 0.15) is 107 Å². The van der Waals surface area contributed by atoms with Gasteiger partial charge in [-0.05, 0) is 107 Å². The van der Waals surface area contributed by atoms with Crippen LogP contribution in [-0.4, -0.2) is 176 Å². The maximum Gasteiger partial charge on any atom is 0.478 e. The van der Waals surface area contributed by atoms with Gasteiger partial charge in [0.05, 0.1) is 0 Å². The molecule has 6 aliphatic rings. The molecule has 0 spiro atoms. The Morgan fingerprint density at radius 1 is 0.191 bits per heavy atom. The third-order valence-corrected chi connectivity index (χ3v) is 49.1. The highest BCUT2D eigenvalue weighted by Gasteiger charge is 2.82. The van der Waals surface area contributed by atoms with Crippen LogP contribution in [0, 0.1) is 0 Å². The summed E-state index contributed by atoms with van der Waals surface area (Å²) in [6, 6.07) is 2.63. The van der Waals surface area contributed by atoms with Crippen molar-refractivity contribution in [3.05, 3.63) is 0 Å². The second kappa shape index (κ2) is 29.9. The first-order valence-corrected chi connectivity index (χ1v) is 41.5. The summed E-state index contributed by atoms with van der Waals surface area (Å²) in [6.45, 7) is 23.8. The van der Waals surface area contributed by atoms with E-state index in [-0.39, 0.29) is 0 Å². The van der Waals surface area contributed by atoms with Crippen molar-refractivity contribution in [1.82, 2.24) is 0 Å². The maximum absolute atomic E-state index is 7.85. The Balaban J connectivity index is 1.86. The molecule has 6 rings (SSSR count). The van der Waals surface area contributed by atoms with Crippen molar-refractivity contribution in [3.8, 4) is 0 Å². The molecule has 400 valence electrons. The molecular formula is C40H88O20Si8. The zero-order valence-corrected chi connectivity index (χ0v) is 50.8. The fraction of sp³-hybridized carbons (Fsp3) is 1.00. The minimum absolute atomic E-state index is 0.329. The number of rotatable bonds is 40. The van der Waals surface area contributed by atoms with Crippen molar-refractivity contribution in [2.75, 3.05) is 106 Å². The molecule has 0 aliphatic carbocycles. The van der Waals surface area contributed by atoms with Crippen molar-refractivity contribution in [2.24, 2.45) is 0 Å². The third kappa shape index (κ3) is 17.5. The molecule has 68 heavy (non-hydrogen) atoms. The number of ether oxygens (including phenoxy) is 8. The van der Waals surface area contributed by atoms with Gasteiger partial charge < -0.3 is 87.3 Å². The van der Waals surface area contributed by atoms with Crippen LogP contribution in [-0.2, 0) is 87.3 Å². The Hall–Kier alpha value is 0.935. The van der Waals surface area contributed by atoms with E-state index < -0.39 is 70.4 Å². The van der Waals surface area contributed by atoms with Crippen LogP contribution >= 0.6 is 0 Å². The first-order chi connectivity index (χ1) is 33.0. The summed E-state index contributed by atoms with van der Waals surface area (Å²) in [4.78, 5) is 0.